The van der Waals surface area contributed by atoms with Crippen molar-refractivity contribution < 1.29 is 4.79 Å². The van der Waals surface area contributed by atoms with Gasteiger partial charge >= 0.3 is 0 Å². The summed E-state index contributed by atoms with van der Waals surface area (Å²) in [5, 5.41) is 2.64. The van der Waals surface area contributed by atoms with E-state index in [-0.39, 0.29) is 5.91 Å². The quantitative estimate of drug-likeness (QED) is 0.665. The van der Waals surface area contributed by atoms with E-state index >= 15 is 0 Å². The van der Waals surface area contributed by atoms with Gasteiger partial charge in [-0.05, 0) is 67.1 Å². The van der Waals surface area contributed by atoms with Crippen LogP contribution in [0.3, 0.4) is 0 Å². The Kier molecular flexibility index (Phi) is 5.06. The summed E-state index contributed by atoms with van der Waals surface area (Å²) >= 11 is 14.3. The molecule has 0 atom stereocenters. The van der Waals surface area contributed by atoms with Crippen molar-refractivity contribution in [3.63, 3.8) is 0 Å². The van der Waals surface area contributed by atoms with Crippen LogP contribution in [0.4, 0.5) is 0 Å². The maximum absolute atomic E-state index is 12.3. The highest BCUT2D eigenvalue weighted by Gasteiger charge is 2.15. The molecule has 0 aliphatic carbocycles. The Hall–Kier alpha value is -0.360. The van der Waals surface area contributed by atoms with Crippen LogP contribution in [0.25, 0.3) is 0 Å². The van der Waals surface area contributed by atoms with E-state index in [1.807, 2.05) is 11.4 Å². The molecule has 0 bridgehead atoms. The van der Waals surface area contributed by atoms with Crippen LogP contribution in [0.15, 0.2) is 37.9 Å². The molecule has 0 radical (unpaired) electrons. The topological polar surface area (TPSA) is 20.3 Å². The lowest BCUT2D eigenvalue weighted by atomic mass is 10.2. The standard InChI is InChI=1S/C13H10Br2ClNOS/c1-17(6-8-4-12(15)19-7-8)13(18)10-3-2-9(16)5-11(10)14/h2-5,7H,6H2,1H3. The third kappa shape index (κ3) is 3.81. The largest absolute Gasteiger partial charge is 0.337 e. The number of nitrogens with zero attached hydrogens (tertiary/aromatic N) is 1. The van der Waals surface area contributed by atoms with E-state index < -0.39 is 0 Å². The van der Waals surface area contributed by atoms with Gasteiger partial charge in [-0.1, -0.05) is 11.6 Å². The molecule has 0 unspecified atom stereocenters. The molecular formula is C13H10Br2ClNOS. The Balaban J connectivity index is 2.14. The highest BCUT2D eigenvalue weighted by Crippen LogP contribution is 2.25. The maximum Gasteiger partial charge on any atom is 0.255 e. The van der Waals surface area contributed by atoms with Crippen molar-refractivity contribution in [2.24, 2.45) is 0 Å². The summed E-state index contributed by atoms with van der Waals surface area (Å²) in [5.41, 5.74) is 1.72. The number of carbonyl (C=O) groups is 1. The third-order valence-electron chi connectivity index (χ3n) is 2.55. The predicted octanol–water partition coefficient (Wildman–Crippen LogP) is 5.20. The fourth-order valence-corrected chi connectivity index (χ4v) is 3.70. The van der Waals surface area contributed by atoms with Gasteiger partial charge in [-0.25, -0.2) is 0 Å². The van der Waals surface area contributed by atoms with E-state index in [1.54, 1.807) is 41.5 Å². The van der Waals surface area contributed by atoms with Gasteiger partial charge in [0.25, 0.3) is 5.91 Å². The smallest absolute Gasteiger partial charge is 0.255 e. The van der Waals surface area contributed by atoms with Gasteiger partial charge in [-0.3, -0.25) is 4.79 Å². The van der Waals surface area contributed by atoms with Crippen LogP contribution in [-0.4, -0.2) is 17.9 Å². The van der Waals surface area contributed by atoms with Crippen molar-refractivity contribution in [2.75, 3.05) is 7.05 Å². The lowest BCUT2D eigenvalue weighted by molar-refractivity contribution is 0.0784. The molecule has 19 heavy (non-hydrogen) atoms. The number of benzene rings is 1. The molecule has 1 aromatic heterocycles. The van der Waals surface area contributed by atoms with Crippen molar-refractivity contribution in [2.45, 2.75) is 6.54 Å². The first-order valence-electron chi connectivity index (χ1n) is 5.41. The van der Waals surface area contributed by atoms with Gasteiger partial charge in [0.2, 0.25) is 0 Å². The second-order valence-electron chi connectivity index (χ2n) is 4.04. The summed E-state index contributed by atoms with van der Waals surface area (Å²) in [6.07, 6.45) is 0. The molecule has 1 amide bonds. The zero-order valence-electron chi connectivity index (χ0n) is 9.99. The highest BCUT2D eigenvalue weighted by atomic mass is 79.9. The van der Waals surface area contributed by atoms with Crippen LogP contribution in [0, 0.1) is 0 Å². The molecule has 0 aliphatic heterocycles. The van der Waals surface area contributed by atoms with E-state index in [0.717, 1.165) is 9.35 Å². The average Bonchev–Trinajstić information content (AvgIpc) is 2.74. The molecular weight excluding hydrogens is 413 g/mol. The van der Waals surface area contributed by atoms with Crippen molar-refractivity contribution in [3.05, 3.63) is 54.1 Å². The first-order chi connectivity index (χ1) is 8.97. The maximum atomic E-state index is 12.3. The van der Waals surface area contributed by atoms with Crippen LogP contribution in [-0.2, 0) is 6.54 Å². The van der Waals surface area contributed by atoms with Gasteiger partial charge in [0.1, 0.15) is 0 Å². The SMILES string of the molecule is CN(Cc1csc(Br)c1)C(=O)c1ccc(Cl)cc1Br. The fourth-order valence-electron chi connectivity index (χ4n) is 1.64. The molecule has 0 aliphatic rings. The molecule has 1 aromatic carbocycles. The first kappa shape index (κ1) is 15.0. The van der Waals surface area contributed by atoms with E-state index in [4.69, 9.17) is 11.6 Å². The number of halogens is 3. The average molecular weight is 424 g/mol. The summed E-state index contributed by atoms with van der Waals surface area (Å²) in [6, 6.07) is 7.19. The van der Waals surface area contributed by atoms with Crippen molar-refractivity contribution >= 4 is 60.7 Å². The molecule has 1 heterocycles. The van der Waals surface area contributed by atoms with Crippen molar-refractivity contribution in [1.82, 2.24) is 4.90 Å². The molecule has 2 rings (SSSR count). The highest BCUT2D eigenvalue weighted by molar-refractivity contribution is 9.11. The normalized spacial score (nSPS) is 10.5. The molecule has 0 N–H and O–H groups in total. The van der Waals surface area contributed by atoms with Gasteiger partial charge in [0.05, 0.1) is 9.35 Å². The number of hydrogen-bond acceptors (Lipinski definition) is 2. The van der Waals surface area contributed by atoms with Crippen molar-refractivity contribution in [3.8, 4) is 0 Å². The minimum absolute atomic E-state index is 0.0362. The minimum Gasteiger partial charge on any atom is -0.337 e. The first-order valence-corrected chi connectivity index (χ1v) is 8.25. The zero-order valence-corrected chi connectivity index (χ0v) is 14.7. The molecule has 100 valence electrons. The fraction of sp³-hybridized carbons (Fsp3) is 0.154. The second-order valence-corrected chi connectivity index (χ2v) is 7.63. The Morgan fingerprint density at radius 3 is 2.68 bits per heavy atom. The third-order valence-corrected chi connectivity index (χ3v) is 4.99. The Bertz CT molecular complexity index is 614. The van der Waals surface area contributed by atoms with Crippen LogP contribution in [0.5, 0.6) is 0 Å². The zero-order chi connectivity index (χ0) is 14.0. The van der Waals surface area contributed by atoms with Crippen LogP contribution in [0.2, 0.25) is 5.02 Å². The number of carbonyl (C=O) groups excluding carboxylic acids is 1. The molecule has 0 saturated heterocycles. The van der Waals surface area contributed by atoms with E-state index in [1.165, 1.54) is 0 Å². The molecule has 0 saturated carbocycles. The van der Waals surface area contributed by atoms with Crippen LogP contribution >= 0.6 is 54.8 Å². The molecule has 0 fully saturated rings. The molecule has 0 spiro atoms. The second kappa shape index (κ2) is 6.39. The Labute approximate surface area is 137 Å². The van der Waals surface area contributed by atoms with Gasteiger partial charge < -0.3 is 4.90 Å². The lowest BCUT2D eigenvalue weighted by Crippen LogP contribution is -2.26. The number of amides is 1. The summed E-state index contributed by atoms with van der Waals surface area (Å²) in [5.74, 6) is -0.0362. The lowest BCUT2D eigenvalue weighted by Gasteiger charge is -2.17. The van der Waals surface area contributed by atoms with E-state index in [9.17, 15) is 4.79 Å². The van der Waals surface area contributed by atoms with Crippen molar-refractivity contribution in [1.29, 1.82) is 0 Å². The number of hydrogen-bond donors (Lipinski definition) is 0. The van der Waals surface area contributed by atoms with E-state index in [2.05, 4.69) is 31.9 Å². The summed E-state index contributed by atoms with van der Waals surface area (Å²) in [7, 11) is 1.79. The summed E-state index contributed by atoms with van der Waals surface area (Å²) in [6.45, 7) is 0.579. The van der Waals surface area contributed by atoms with Crippen LogP contribution < -0.4 is 0 Å². The van der Waals surface area contributed by atoms with Gasteiger partial charge in [0.15, 0.2) is 0 Å². The number of thiophene rings is 1. The monoisotopic (exact) mass is 421 g/mol. The number of rotatable bonds is 3. The Morgan fingerprint density at radius 2 is 2.11 bits per heavy atom. The molecule has 2 aromatic rings. The summed E-state index contributed by atoms with van der Waals surface area (Å²) < 4.78 is 1.78. The van der Waals surface area contributed by atoms with E-state index in [0.29, 0.717) is 21.6 Å². The molecule has 6 heteroatoms. The summed E-state index contributed by atoms with van der Waals surface area (Å²) in [4.78, 5) is 14.0. The predicted molar refractivity (Wildman–Crippen MR) is 87.0 cm³/mol. The van der Waals surface area contributed by atoms with Gasteiger partial charge in [-0.2, -0.15) is 0 Å². The van der Waals surface area contributed by atoms with Crippen LogP contribution in [0.1, 0.15) is 15.9 Å². The Morgan fingerprint density at radius 1 is 1.37 bits per heavy atom. The molecule has 2 nitrogen and oxygen atoms in total. The van der Waals surface area contributed by atoms with Gasteiger partial charge in [-0.15, -0.1) is 11.3 Å². The van der Waals surface area contributed by atoms with Gasteiger partial charge in [0, 0.05) is 23.1 Å². The minimum atomic E-state index is -0.0362.